The first-order valence-electron chi connectivity index (χ1n) is 10.6. The van der Waals surface area contributed by atoms with Crippen molar-refractivity contribution in [2.45, 2.75) is 13.8 Å². The SMILES string of the molecule is Cc1cc(-c2cccc(-c3csc(NC(=O)CNC(=O)c4ccn(S(C)(=O)=O)c4)n3)c2)cc(C)n1. The van der Waals surface area contributed by atoms with Crippen molar-refractivity contribution < 1.29 is 18.0 Å². The highest BCUT2D eigenvalue weighted by atomic mass is 32.2. The summed E-state index contributed by atoms with van der Waals surface area (Å²) >= 11 is 1.28. The van der Waals surface area contributed by atoms with Gasteiger partial charge in [0.15, 0.2) is 5.13 Å². The standard InChI is InChI=1S/C24H23N5O4S2/c1-15-9-20(10-16(2)26-15)17-5-4-6-18(11-17)21-14-34-24(27-21)28-22(30)12-25-23(31)19-7-8-29(13-19)35(3,32)33/h4-11,13-14H,12H2,1-3H3,(H,25,31)(H,27,28,30). The van der Waals surface area contributed by atoms with Crippen LogP contribution in [0.25, 0.3) is 22.4 Å². The number of carbonyl (C=O) groups excluding carboxylic acids is 2. The second-order valence-corrected chi connectivity index (χ2v) is 10.7. The van der Waals surface area contributed by atoms with E-state index >= 15 is 0 Å². The molecule has 9 nitrogen and oxygen atoms in total. The Morgan fingerprint density at radius 3 is 2.40 bits per heavy atom. The molecular formula is C24H23N5O4S2. The summed E-state index contributed by atoms with van der Waals surface area (Å²) in [7, 11) is -3.48. The normalized spacial score (nSPS) is 11.3. The van der Waals surface area contributed by atoms with E-state index in [1.807, 2.05) is 55.6 Å². The fourth-order valence-electron chi connectivity index (χ4n) is 3.47. The first-order valence-corrected chi connectivity index (χ1v) is 13.3. The van der Waals surface area contributed by atoms with Crippen molar-refractivity contribution in [1.29, 1.82) is 0 Å². The quantitative estimate of drug-likeness (QED) is 0.393. The molecule has 11 heteroatoms. The van der Waals surface area contributed by atoms with Crippen molar-refractivity contribution in [1.82, 2.24) is 19.3 Å². The van der Waals surface area contributed by atoms with Crippen LogP contribution in [0.3, 0.4) is 0 Å². The van der Waals surface area contributed by atoms with Gasteiger partial charge in [-0.1, -0.05) is 18.2 Å². The molecule has 35 heavy (non-hydrogen) atoms. The number of amides is 2. The van der Waals surface area contributed by atoms with E-state index in [0.29, 0.717) is 5.13 Å². The zero-order chi connectivity index (χ0) is 25.2. The molecule has 0 aliphatic carbocycles. The van der Waals surface area contributed by atoms with Crippen molar-refractivity contribution in [2.75, 3.05) is 18.1 Å². The number of aryl methyl sites for hydroxylation is 2. The molecule has 0 unspecified atom stereocenters. The number of hydrogen-bond donors (Lipinski definition) is 2. The molecule has 0 atom stereocenters. The van der Waals surface area contributed by atoms with Crippen molar-refractivity contribution in [3.8, 4) is 22.4 Å². The highest BCUT2D eigenvalue weighted by molar-refractivity contribution is 7.89. The first kappa shape index (κ1) is 24.3. The molecule has 0 spiro atoms. The Balaban J connectivity index is 1.39. The van der Waals surface area contributed by atoms with Gasteiger partial charge in [-0.2, -0.15) is 0 Å². The number of rotatable bonds is 7. The Morgan fingerprint density at radius 2 is 1.71 bits per heavy atom. The van der Waals surface area contributed by atoms with Gasteiger partial charge < -0.3 is 10.6 Å². The predicted molar refractivity (Wildman–Crippen MR) is 136 cm³/mol. The minimum Gasteiger partial charge on any atom is -0.343 e. The van der Waals surface area contributed by atoms with Crippen LogP contribution in [-0.2, 0) is 14.8 Å². The summed E-state index contributed by atoms with van der Waals surface area (Å²) in [5, 5.41) is 7.40. The minimum atomic E-state index is -3.48. The van der Waals surface area contributed by atoms with E-state index in [-0.39, 0.29) is 12.1 Å². The smallest absolute Gasteiger partial charge is 0.253 e. The molecular weight excluding hydrogens is 486 g/mol. The molecule has 0 aliphatic rings. The lowest BCUT2D eigenvalue weighted by atomic mass is 10.0. The summed E-state index contributed by atoms with van der Waals surface area (Å²) < 4.78 is 24.0. The molecule has 2 amide bonds. The summed E-state index contributed by atoms with van der Waals surface area (Å²) in [6, 6.07) is 13.4. The van der Waals surface area contributed by atoms with Crippen LogP contribution in [0.1, 0.15) is 21.7 Å². The Bertz CT molecular complexity index is 1500. The van der Waals surface area contributed by atoms with Gasteiger partial charge in [0.1, 0.15) is 0 Å². The van der Waals surface area contributed by atoms with Gasteiger partial charge in [-0.3, -0.25) is 18.5 Å². The van der Waals surface area contributed by atoms with Gasteiger partial charge >= 0.3 is 0 Å². The highest BCUT2D eigenvalue weighted by Crippen LogP contribution is 2.29. The highest BCUT2D eigenvalue weighted by Gasteiger charge is 2.14. The van der Waals surface area contributed by atoms with Crippen molar-refractivity contribution >= 4 is 38.3 Å². The molecule has 3 heterocycles. The summed E-state index contributed by atoms with van der Waals surface area (Å²) in [5.41, 5.74) is 5.79. The van der Waals surface area contributed by atoms with Crippen LogP contribution >= 0.6 is 11.3 Å². The number of hydrogen-bond acceptors (Lipinski definition) is 7. The lowest BCUT2D eigenvalue weighted by Crippen LogP contribution is -2.32. The molecule has 4 rings (SSSR count). The molecule has 3 aromatic heterocycles. The average Bonchev–Trinajstić information content (AvgIpc) is 3.47. The fraction of sp³-hybridized carbons (Fsp3) is 0.167. The maximum atomic E-state index is 12.3. The van der Waals surface area contributed by atoms with Gasteiger partial charge in [0.2, 0.25) is 15.9 Å². The number of aromatic nitrogens is 3. The Morgan fingerprint density at radius 1 is 1.00 bits per heavy atom. The number of nitrogens with one attached hydrogen (secondary N) is 2. The van der Waals surface area contributed by atoms with E-state index in [1.54, 1.807) is 0 Å². The summed E-state index contributed by atoms with van der Waals surface area (Å²) in [6.45, 7) is 3.64. The lowest BCUT2D eigenvalue weighted by Gasteiger charge is -2.06. The maximum Gasteiger partial charge on any atom is 0.253 e. The van der Waals surface area contributed by atoms with Crippen LogP contribution in [0.2, 0.25) is 0 Å². The van der Waals surface area contributed by atoms with Crippen LogP contribution in [-0.4, -0.2) is 47.0 Å². The van der Waals surface area contributed by atoms with Gasteiger partial charge in [0.05, 0.1) is 24.1 Å². The van der Waals surface area contributed by atoms with Crippen molar-refractivity contribution in [3.63, 3.8) is 0 Å². The second kappa shape index (κ2) is 9.80. The van der Waals surface area contributed by atoms with Gasteiger partial charge in [0.25, 0.3) is 5.91 Å². The molecule has 2 N–H and O–H groups in total. The molecule has 0 saturated heterocycles. The van der Waals surface area contributed by atoms with E-state index in [9.17, 15) is 18.0 Å². The molecule has 180 valence electrons. The molecule has 0 bridgehead atoms. The van der Waals surface area contributed by atoms with Crippen LogP contribution in [0.5, 0.6) is 0 Å². The molecule has 0 saturated carbocycles. The van der Waals surface area contributed by atoms with Crippen LogP contribution in [0.4, 0.5) is 5.13 Å². The number of anilines is 1. The Kier molecular flexibility index (Phi) is 6.81. The van der Waals surface area contributed by atoms with Gasteiger partial charge in [-0.05, 0) is 49.2 Å². The topological polar surface area (TPSA) is 123 Å². The third-order valence-corrected chi connectivity index (χ3v) is 6.80. The van der Waals surface area contributed by atoms with Crippen LogP contribution < -0.4 is 10.6 Å². The number of thiazole rings is 1. The van der Waals surface area contributed by atoms with E-state index in [2.05, 4.69) is 20.6 Å². The minimum absolute atomic E-state index is 0.138. The zero-order valence-corrected chi connectivity index (χ0v) is 20.9. The largest absolute Gasteiger partial charge is 0.343 e. The molecule has 1 aromatic carbocycles. The van der Waals surface area contributed by atoms with E-state index in [4.69, 9.17) is 0 Å². The van der Waals surface area contributed by atoms with Crippen molar-refractivity contribution in [3.05, 3.63) is 77.2 Å². The van der Waals surface area contributed by atoms with Gasteiger partial charge in [-0.25, -0.2) is 13.4 Å². The third-order valence-electron chi connectivity index (χ3n) is 5.05. The third kappa shape index (κ3) is 6.00. The fourth-order valence-corrected chi connectivity index (χ4v) is 4.79. The summed E-state index contributed by atoms with van der Waals surface area (Å²) in [4.78, 5) is 33.4. The molecule has 4 aromatic rings. The summed E-state index contributed by atoms with van der Waals surface area (Å²) in [5.74, 6) is -1.00. The van der Waals surface area contributed by atoms with Crippen molar-refractivity contribution in [2.24, 2.45) is 0 Å². The van der Waals surface area contributed by atoms with Crippen LogP contribution in [0, 0.1) is 13.8 Å². The number of benzene rings is 1. The van der Waals surface area contributed by atoms with Gasteiger partial charge in [0, 0.05) is 34.7 Å². The molecule has 0 aliphatic heterocycles. The van der Waals surface area contributed by atoms with E-state index in [1.165, 1.54) is 29.8 Å². The maximum absolute atomic E-state index is 12.3. The first-order chi connectivity index (χ1) is 16.6. The number of nitrogens with zero attached hydrogens (tertiary/aromatic N) is 3. The second-order valence-electron chi connectivity index (χ2n) is 7.98. The Hall–Kier alpha value is -3.83. The monoisotopic (exact) mass is 509 g/mol. The van der Waals surface area contributed by atoms with Gasteiger partial charge in [-0.15, -0.1) is 11.3 Å². The number of carbonyl (C=O) groups is 2. The van der Waals surface area contributed by atoms with E-state index in [0.717, 1.165) is 44.0 Å². The number of pyridine rings is 1. The zero-order valence-electron chi connectivity index (χ0n) is 19.3. The predicted octanol–water partition coefficient (Wildman–Crippen LogP) is 3.47. The Labute approximate surface area is 206 Å². The molecule has 0 radical (unpaired) electrons. The van der Waals surface area contributed by atoms with Crippen LogP contribution in [0.15, 0.2) is 60.2 Å². The van der Waals surface area contributed by atoms with E-state index < -0.39 is 21.8 Å². The summed E-state index contributed by atoms with van der Waals surface area (Å²) in [6.07, 6.45) is 3.49. The average molecular weight is 510 g/mol. The lowest BCUT2D eigenvalue weighted by molar-refractivity contribution is -0.115. The molecule has 0 fully saturated rings.